The molecular formula is C18H17FN4O2S. The quantitative estimate of drug-likeness (QED) is 0.507. The summed E-state index contributed by atoms with van der Waals surface area (Å²) < 4.78 is 20.7. The van der Waals surface area contributed by atoms with Gasteiger partial charge < -0.3 is 4.74 Å². The lowest BCUT2D eigenvalue weighted by Crippen LogP contribution is -2.29. The lowest BCUT2D eigenvalue weighted by atomic mass is 10.2. The molecule has 3 heterocycles. The van der Waals surface area contributed by atoms with Crippen LogP contribution in [-0.2, 0) is 17.0 Å². The summed E-state index contributed by atoms with van der Waals surface area (Å²) in [5.41, 5.74) is 1.18. The molecule has 1 aromatic carbocycles. The predicted octanol–water partition coefficient (Wildman–Crippen LogP) is 2.80. The first-order valence-corrected chi connectivity index (χ1v) is 9.39. The van der Waals surface area contributed by atoms with E-state index in [-0.39, 0.29) is 23.0 Å². The Morgan fingerprint density at radius 3 is 3.00 bits per heavy atom. The molecule has 0 radical (unpaired) electrons. The molecule has 0 amide bonds. The van der Waals surface area contributed by atoms with Crippen molar-refractivity contribution in [2.45, 2.75) is 36.4 Å². The first-order valence-electron chi connectivity index (χ1n) is 8.41. The van der Waals surface area contributed by atoms with Crippen LogP contribution in [0.2, 0.25) is 0 Å². The zero-order valence-electron chi connectivity index (χ0n) is 14.0. The Kier molecular flexibility index (Phi) is 4.94. The summed E-state index contributed by atoms with van der Waals surface area (Å²) >= 11 is 1.38. The molecule has 0 unspecified atom stereocenters. The third-order valence-electron chi connectivity index (χ3n) is 4.23. The van der Waals surface area contributed by atoms with Gasteiger partial charge in [-0.15, -0.1) is 0 Å². The van der Waals surface area contributed by atoms with Gasteiger partial charge in [0.1, 0.15) is 5.82 Å². The van der Waals surface area contributed by atoms with Gasteiger partial charge in [0.05, 0.1) is 12.6 Å². The minimum absolute atomic E-state index is 0.00265. The normalized spacial score (nSPS) is 17.0. The summed E-state index contributed by atoms with van der Waals surface area (Å²) in [5.74, 6) is 0.221. The van der Waals surface area contributed by atoms with Gasteiger partial charge in [0.2, 0.25) is 0 Å². The van der Waals surface area contributed by atoms with Gasteiger partial charge in [-0.3, -0.25) is 9.36 Å². The highest BCUT2D eigenvalue weighted by atomic mass is 32.2. The first kappa shape index (κ1) is 17.1. The van der Waals surface area contributed by atoms with Crippen molar-refractivity contribution in [2.24, 2.45) is 0 Å². The number of ether oxygens (including phenoxy) is 1. The average Bonchev–Trinajstić information content (AvgIpc) is 3.16. The van der Waals surface area contributed by atoms with Crippen LogP contribution in [0.4, 0.5) is 4.39 Å². The van der Waals surface area contributed by atoms with Crippen molar-refractivity contribution in [1.29, 1.82) is 0 Å². The highest BCUT2D eigenvalue weighted by Crippen LogP contribution is 2.23. The highest BCUT2D eigenvalue weighted by molar-refractivity contribution is 7.98. The van der Waals surface area contributed by atoms with Gasteiger partial charge in [0.25, 0.3) is 5.56 Å². The minimum Gasteiger partial charge on any atom is -0.376 e. The van der Waals surface area contributed by atoms with Crippen LogP contribution in [0.5, 0.6) is 0 Å². The summed E-state index contributed by atoms with van der Waals surface area (Å²) in [7, 11) is 0. The molecule has 0 saturated carbocycles. The summed E-state index contributed by atoms with van der Waals surface area (Å²) in [6, 6.07) is 6.41. The van der Waals surface area contributed by atoms with Gasteiger partial charge in [-0.1, -0.05) is 23.9 Å². The number of hydrogen-bond donors (Lipinski definition) is 0. The Morgan fingerprint density at radius 1 is 1.31 bits per heavy atom. The molecule has 1 aliphatic rings. The third-order valence-corrected chi connectivity index (χ3v) is 5.27. The molecule has 1 atom stereocenters. The second-order valence-electron chi connectivity index (χ2n) is 6.09. The first-order chi connectivity index (χ1) is 12.7. The molecule has 134 valence electrons. The molecule has 0 spiro atoms. The van der Waals surface area contributed by atoms with Gasteiger partial charge in [-0.25, -0.2) is 19.3 Å². The molecule has 2 aromatic heterocycles. The molecule has 3 aromatic rings. The van der Waals surface area contributed by atoms with Crippen molar-refractivity contribution in [2.75, 3.05) is 6.61 Å². The van der Waals surface area contributed by atoms with E-state index >= 15 is 0 Å². The maximum Gasteiger partial charge on any atom is 0.282 e. The second kappa shape index (κ2) is 7.51. The van der Waals surface area contributed by atoms with Crippen molar-refractivity contribution in [1.82, 2.24) is 19.5 Å². The van der Waals surface area contributed by atoms with Gasteiger partial charge in [0.15, 0.2) is 16.3 Å². The SMILES string of the molecule is O=c1c2nccnc2nc(SCc2cccc(F)c2)n1C[C@@H]1CCCO1. The van der Waals surface area contributed by atoms with Crippen molar-refractivity contribution in [3.8, 4) is 0 Å². The molecule has 8 heteroatoms. The maximum atomic E-state index is 13.4. The highest BCUT2D eigenvalue weighted by Gasteiger charge is 2.21. The Hall–Kier alpha value is -2.32. The van der Waals surface area contributed by atoms with Gasteiger partial charge >= 0.3 is 0 Å². The van der Waals surface area contributed by atoms with Gasteiger partial charge in [-0.05, 0) is 30.5 Å². The molecule has 1 aliphatic heterocycles. The fraction of sp³-hybridized carbons (Fsp3) is 0.333. The van der Waals surface area contributed by atoms with Crippen LogP contribution in [0.1, 0.15) is 18.4 Å². The van der Waals surface area contributed by atoms with Gasteiger partial charge in [-0.2, -0.15) is 0 Å². The molecule has 0 aliphatic carbocycles. The Morgan fingerprint density at radius 2 is 2.19 bits per heavy atom. The van der Waals surface area contributed by atoms with Crippen molar-refractivity contribution in [3.63, 3.8) is 0 Å². The van der Waals surface area contributed by atoms with E-state index in [1.165, 1.54) is 36.3 Å². The van der Waals surface area contributed by atoms with Crippen LogP contribution in [0.25, 0.3) is 11.2 Å². The van der Waals surface area contributed by atoms with Gasteiger partial charge in [0, 0.05) is 24.8 Å². The third kappa shape index (κ3) is 3.61. The fourth-order valence-corrected chi connectivity index (χ4v) is 3.91. The van der Waals surface area contributed by atoms with Crippen LogP contribution >= 0.6 is 11.8 Å². The average molecular weight is 372 g/mol. The number of benzene rings is 1. The van der Waals surface area contributed by atoms with Crippen LogP contribution in [-0.4, -0.2) is 32.2 Å². The fourth-order valence-electron chi connectivity index (χ4n) is 2.97. The maximum absolute atomic E-state index is 13.4. The van der Waals surface area contributed by atoms with Crippen LogP contribution in [0, 0.1) is 5.82 Å². The number of rotatable bonds is 5. The largest absolute Gasteiger partial charge is 0.376 e. The number of fused-ring (bicyclic) bond motifs is 1. The smallest absolute Gasteiger partial charge is 0.282 e. The lowest BCUT2D eigenvalue weighted by Gasteiger charge is -2.15. The van der Waals surface area contributed by atoms with E-state index in [1.807, 2.05) is 6.07 Å². The lowest BCUT2D eigenvalue weighted by molar-refractivity contribution is 0.0937. The number of hydrogen-bond acceptors (Lipinski definition) is 6. The van der Waals surface area contributed by atoms with Crippen LogP contribution in [0.15, 0.2) is 46.6 Å². The van der Waals surface area contributed by atoms with E-state index in [9.17, 15) is 9.18 Å². The molecule has 0 bridgehead atoms. The predicted molar refractivity (Wildman–Crippen MR) is 96.5 cm³/mol. The zero-order chi connectivity index (χ0) is 17.9. The van der Waals surface area contributed by atoms with E-state index in [1.54, 1.807) is 10.6 Å². The number of nitrogens with zero attached hydrogens (tertiary/aromatic N) is 4. The summed E-state index contributed by atoms with van der Waals surface area (Å²) in [4.78, 5) is 25.7. The molecule has 26 heavy (non-hydrogen) atoms. The van der Waals surface area contributed by atoms with E-state index in [0.717, 1.165) is 18.4 Å². The van der Waals surface area contributed by atoms with Crippen molar-refractivity contribution >= 4 is 22.9 Å². The Labute approximate surface area is 153 Å². The summed E-state index contributed by atoms with van der Waals surface area (Å²) in [5, 5.41) is 0.544. The van der Waals surface area contributed by atoms with E-state index in [2.05, 4.69) is 15.0 Å². The Balaban J connectivity index is 1.69. The molecule has 4 rings (SSSR count). The molecule has 0 N–H and O–H groups in total. The minimum atomic E-state index is -0.280. The molecular weight excluding hydrogens is 355 g/mol. The van der Waals surface area contributed by atoms with Crippen LogP contribution in [0.3, 0.4) is 0 Å². The molecule has 6 nitrogen and oxygen atoms in total. The summed E-state index contributed by atoms with van der Waals surface area (Å²) in [6.45, 7) is 1.15. The summed E-state index contributed by atoms with van der Waals surface area (Å²) in [6.07, 6.45) is 4.91. The zero-order valence-corrected chi connectivity index (χ0v) is 14.8. The number of aromatic nitrogens is 4. The number of halogens is 1. The monoisotopic (exact) mass is 372 g/mol. The number of thioether (sulfide) groups is 1. The topological polar surface area (TPSA) is 69.9 Å². The van der Waals surface area contributed by atoms with Crippen LogP contribution < -0.4 is 5.56 Å². The van der Waals surface area contributed by atoms with Crippen molar-refractivity contribution < 1.29 is 9.13 Å². The Bertz CT molecular complexity index is 988. The molecule has 1 saturated heterocycles. The van der Waals surface area contributed by atoms with Crippen molar-refractivity contribution in [3.05, 3.63) is 58.4 Å². The molecule has 1 fully saturated rings. The van der Waals surface area contributed by atoms with E-state index < -0.39 is 0 Å². The standard InChI is InChI=1S/C18H17FN4O2S/c19-13-4-1-3-12(9-13)11-26-18-22-16-15(20-6-7-21-16)17(24)23(18)10-14-5-2-8-25-14/h1,3-4,6-7,9,14H,2,5,8,10-11H2/t14-/m0/s1. The van der Waals surface area contributed by atoms with E-state index in [4.69, 9.17) is 4.74 Å². The van der Waals surface area contributed by atoms with E-state index in [0.29, 0.717) is 29.7 Å². The second-order valence-corrected chi connectivity index (χ2v) is 7.03.